The first-order valence-electron chi connectivity index (χ1n) is 3.52. The van der Waals surface area contributed by atoms with Crippen LogP contribution >= 0.6 is 0 Å². The second kappa shape index (κ2) is 2.84. The SMILES string of the molecule is C[C@@H]1CN(O)[C@@H](C)CN1O. The molecule has 0 bridgehead atoms. The van der Waals surface area contributed by atoms with Crippen LogP contribution in [0.1, 0.15) is 13.8 Å². The summed E-state index contributed by atoms with van der Waals surface area (Å²) >= 11 is 0. The molecule has 1 heterocycles. The van der Waals surface area contributed by atoms with Crippen LogP contribution in [0.25, 0.3) is 0 Å². The molecule has 2 N–H and O–H groups in total. The van der Waals surface area contributed by atoms with Gasteiger partial charge in [0, 0.05) is 25.2 Å². The maximum absolute atomic E-state index is 9.16. The molecule has 0 aliphatic carbocycles. The molecule has 60 valence electrons. The number of hydrogen-bond acceptors (Lipinski definition) is 4. The minimum atomic E-state index is 0.0289. The molecule has 1 saturated heterocycles. The zero-order chi connectivity index (χ0) is 7.72. The van der Waals surface area contributed by atoms with Crippen LogP contribution in [0.2, 0.25) is 0 Å². The van der Waals surface area contributed by atoms with Gasteiger partial charge in [-0.05, 0) is 13.8 Å². The quantitative estimate of drug-likeness (QED) is 0.511. The van der Waals surface area contributed by atoms with Crippen molar-refractivity contribution in [3.63, 3.8) is 0 Å². The maximum atomic E-state index is 9.16. The lowest BCUT2D eigenvalue weighted by Crippen LogP contribution is -2.53. The first-order chi connectivity index (χ1) is 4.61. The molecule has 1 rings (SSSR count). The fourth-order valence-corrected chi connectivity index (χ4v) is 1.09. The molecule has 10 heavy (non-hydrogen) atoms. The van der Waals surface area contributed by atoms with Gasteiger partial charge < -0.3 is 10.4 Å². The highest BCUT2D eigenvalue weighted by Gasteiger charge is 2.26. The Morgan fingerprint density at radius 3 is 1.60 bits per heavy atom. The van der Waals surface area contributed by atoms with Crippen molar-refractivity contribution in [1.29, 1.82) is 0 Å². The summed E-state index contributed by atoms with van der Waals surface area (Å²) in [7, 11) is 0. The van der Waals surface area contributed by atoms with E-state index in [4.69, 9.17) is 10.4 Å². The van der Waals surface area contributed by atoms with E-state index in [1.807, 2.05) is 13.8 Å². The van der Waals surface area contributed by atoms with E-state index in [2.05, 4.69) is 0 Å². The van der Waals surface area contributed by atoms with Gasteiger partial charge in [-0.15, -0.1) is 0 Å². The van der Waals surface area contributed by atoms with Gasteiger partial charge in [0.1, 0.15) is 0 Å². The Hall–Kier alpha value is -0.160. The smallest absolute Gasteiger partial charge is 0.0473 e. The van der Waals surface area contributed by atoms with Crippen molar-refractivity contribution in [3.8, 4) is 0 Å². The molecular formula is C6H14N2O2. The van der Waals surface area contributed by atoms with Gasteiger partial charge >= 0.3 is 0 Å². The van der Waals surface area contributed by atoms with Crippen LogP contribution in [0.4, 0.5) is 0 Å². The highest BCUT2D eigenvalue weighted by molar-refractivity contribution is 4.74. The standard InChI is InChI=1S/C6H14N2O2/c1-5-3-8(10)6(2)4-7(5)9/h5-6,9-10H,3-4H2,1-2H3/t5-,6+. The lowest BCUT2D eigenvalue weighted by atomic mass is 10.2. The largest absolute Gasteiger partial charge is 0.314 e. The minimum absolute atomic E-state index is 0.0289. The highest BCUT2D eigenvalue weighted by atomic mass is 16.5. The van der Waals surface area contributed by atoms with Crippen molar-refractivity contribution in [2.24, 2.45) is 0 Å². The Balaban J connectivity index is 2.46. The predicted octanol–water partition coefficient (Wildman–Crippen LogP) is 0.159. The van der Waals surface area contributed by atoms with Crippen molar-refractivity contribution in [2.45, 2.75) is 25.9 Å². The maximum Gasteiger partial charge on any atom is 0.0473 e. The molecule has 0 spiro atoms. The van der Waals surface area contributed by atoms with Crippen LogP contribution in [-0.2, 0) is 0 Å². The fraction of sp³-hybridized carbons (Fsp3) is 1.00. The van der Waals surface area contributed by atoms with Gasteiger partial charge in [-0.1, -0.05) is 0 Å². The third-order valence-corrected chi connectivity index (χ3v) is 1.92. The zero-order valence-corrected chi connectivity index (χ0v) is 6.36. The van der Waals surface area contributed by atoms with Gasteiger partial charge in [-0.2, -0.15) is 10.1 Å². The number of hydroxylamine groups is 4. The Kier molecular flexibility index (Phi) is 2.25. The second-order valence-corrected chi connectivity index (χ2v) is 2.94. The molecular weight excluding hydrogens is 132 g/mol. The second-order valence-electron chi connectivity index (χ2n) is 2.94. The van der Waals surface area contributed by atoms with Crippen LogP contribution in [-0.4, -0.2) is 45.7 Å². The monoisotopic (exact) mass is 146 g/mol. The molecule has 0 amide bonds. The molecule has 1 fully saturated rings. The van der Waals surface area contributed by atoms with E-state index in [1.165, 1.54) is 10.1 Å². The molecule has 0 aromatic rings. The number of hydrogen-bond donors (Lipinski definition) is 2. The number of piperazine rings is 1. The Morgan fingerprint density at radius 1 is 1.00 bits per heavy atom. The van der Waals surface area contributed by atoms with Gasteiger partial charge in [0.2, 0.25) is 0 Å². The topological polar surface area (TPSA) is 46.9 Å². The third kappa shape index (κ3) is 1.46. The average Bonchev–Trinajstić information content (AvgIpc) is 1.84. The Morgan fingerprint density at radius 2 is 1.30 bits per heavy atom. The predicted molar refractivity (Wildman–Crippen MR) is 35.9 cm³/mol. The molecule has 0 unspecified atom stereocenters. The molecule has 1 aliphatic heterocycles. The number of rotatable bonds is 0. The summed E-state index contributed by atoms with van der Waals surface area (Å²) in [6.07, 6.45) is 0. The fourth-order valence-electron chi connectivity index (χ4n) is 1.09. The van der Waals surface area contributed by atoms with Gasteiger partial charge in [0.25, 0.3) is 0 Å². The van der Waals surface area contributed by atoms with E-state index < -0.39 is 0 Å². The Labute approximate surface area is 60.6 Å². The first-order valence-corrected chi connectivity index (χ1v) is 3.52. The van der Waals surface area contributed by atoms with Crippen LogP contribution in [0.15, 0.2) is 0 Å². The molecule has 4 heteroatoms. The van der Waals surface area contributed by atoms with Crippen molar-refractivity contribution in [2.75, 3.05) is 13.1 Å². The van der Waals surface area contributed by atoms with Crippen LogP contribution in [0.3, 0.4) is 0 Å². The lowest BCUT2D eigenvalue weighted by Gasteiger charge is -2.37. The molecule has 2 atom stereocenters. The van der Waals surface area contributed by atoms with Gasteiger partial charge in [-0.25, -0.2) is 0 Å². The first kappa shape index (κ1) is 7.94. The summed E-state index contributed by atoms with van der Waals surface area (Å²) in [6.45, 7) is 4.76. The van der Waals surface area contributed by atoms with Gasteiger partial charge in [-0.3, -0.25) is 0 Å². The van der Waals surface area contributed by atoms with Crippen molar-refractivity contribution in [3.05, 3.63) is 0 Å². The molecule has 1 aliphatic rings. The molecule has 0 radical (unpaired) electrons. The normalized spacial score (nSPS) is 38.4. The van der Waals surface area contributed by atoms with Crippen molar-refractivity contribution in [1.82, 2.24) is 10.1 Å². The van der Waals surface area contributed by atoms with Crippen LogP contribution in [0.5, 0.6) is 0 Å². The zero-order valence-electron chi connectivity index (χ0n) is 6.36. The number of nitrogens with zero attached hydrogens (tertiary/aromatic N) is 2. The van der Waals surface area contributed by atoms with Crippen LogP contribution < -0.4 is 0 Å². The van der Waals surface area contributed by atoms with E-state index in [0.29, 0.717) is 13.1 Å². The van der Waals surface area contributed by atoms with Gasteiger partial charge in [0.15, 0.2) is 0 Å². The molecule has 0 aromatic carbocycles. The van der Waals surface area contributed by atoms with E-state index in [9.17, 15) is 0 Å². The summed E-state index contributed by atoms with van der Waals surface area (Å²) in [5.41, 5.74) is 0. The summed E-state index contributed by atoms with van der Waals surface area (Å²) < 4.78 is 0. The highest BCUT2D eigenvalue weighted by Crippen LogP contribution is 2.09. The van der Waals surface area contributed by atoms with Crippen molar-refractivity contribution < 1.29 is 10.4 Å². The molecule has 4 nitrogen and oxygen atoms in total. The summed E-state index contributed by atoms with van der Waals surface area (Å²) in [4.78, 5) is 0. The lowest BCUT2D eigenvalue weighted by molar-refractivity contribution is -0.231. The van der Waals surface area contributed by atoms with Crippen LogP contribution in [0, 0.1) is 0 Å². The van der Waals surface area contributed by atoms with E-state index in [-0.39, 0.29) is 12.1 Å². The summed E-state index contributed by atoms with van der Waals surface area (Å²) in [6, 6.07) is 0.0578. The van der Waals surface area contributed by atoms with E-state index >= 15 is 0 Å². The van der Waals surface area contributed by atoms with Crippen molar-refractivity contribution >= 4 is 0 Å². The van der Waals surface area contributed by atoms with E-state index in [0.717, 1.165) is 0 Å². The molecule has 0 aromatic heterocycles. The van der Waals surface area contributed by atoms with E-state index in [1.54, 1.807) is 0 Å². The van der Waals surface area contributed by atoms with Gasteiger partial charge in [0.05, 0.1) is 0 Å². The summed E-state index contributed by atoms with van der Waals surface area (Å²) in [5.74, 6) is 0. The average molecular weight is 146 g/mol. The Bertz CT molecular complexity index is 94.3. The third-order valence-electron chi connectivity index (χ3n) is 1.92. The summed E-state index contributed by atoms with van der Waals surface area (Å²) in [5, 5.41) is 20.8. The molecule has 0 saturated carbocycles. The minimum Gasteiger partial charge on any atom is -0.314 e.